The molecule has 2 aromatic carbocycles. The Bertz CT molecular complexity index is 1520. The highest BCUT2D eigenvalue weighted by Gasteiger charge is 2.27. The van der Waals surface area contributed by atoms with E-state index >= 15 is 0 Å². The number of hydrogen-bond donors (Lipinski definition) is 0. The van der Waals surface area contributed by atoms with Crippen LogP contribution in [0, 0.1) is 11.6 Å². The minimum atomic E-state index is -3.66. The van der Waals surface area contributed by atoms with Crippen LogP contribution >= 0.6 is 11.3 Å². The summed E-state index contributed by atoms with van der Waals surface area (Å²) >= 11 is 0.995. The lowest BCUT2D eigenvalue weighted by Crippen LogP contribution is -2.32. The van der Waals surface area contributed by atoms with E-state index in [2.05, 4.69) is 9.97 Å². The van der Waals surface area contributed by atoms with Crippen LogP contribution in [0.25, 0.3) is 10.2 Å². The predicted octanol–water partition coefficient (Wildman–Crippen LogP) is 5.38. The van der Waals surface area contributed by atoms with Crippen molar-refractivity contribution in [2.45, 2.75) is 37.1 Å². The quantitative estimate of drug-likeness (QED) is 0.327. The molecular formula is C26H24F2N4O3S2. The molecule has 0 bridgehead atoms. The van der Waals surface area contributed by atoms with Crippen LogP contribution in [0.15, 0.2) is 65.8 Å². The molecule has 37 heavy (non-hydrogen) atoms. The fourth-order valence-corrected chi connectivity index (χ4v) is 6.84. The normalized spacial score (nSPS) is 15.0. The Balaban J connectivity index is 1.47. The number of benzene rings is 2. The molecule has 1 fully saturated rings. The van der Waals surface area contributed by atoms with Crippen molar-refractivity contribution in [3.63, 3.8) is 0 Å². The molecule has 192 valence electrons. The Kier molecular flexibility index (Phi) is 7.27. The van der Waals surface area contributed by atoms with Crippen molar-refractivity contribution in [1.82, 2.24) is 14.3 Å². The van der Waals surface area contributed by atoms with E-state index in [0.29, 0.717) is 18.7 Å². The smallest absolute Gasteiger partial charge is 0.260 e. The number of amides is 1. The van der Waals surface area contributed by atoms with Gasteiger partial charge >= 0.3 is 0 Å². The molecule has 7 nitrogen and oxygen atoms in total. The van der Waals surface area contributed by atoms with Crippen molar-refractivity contribution < 1.29 is 22.0 Å². The average molecular weight is 543 g/mol. The van der Waals surface area contributed by atoms with Crippen LogP contribution in [-0.4, -0.2) is 41.7 Å². The van der Waals surface area contributed by atoms with Gasteiger partial charge in [-0.25, -0.2) is 22.2 Å². The number of pyridine rings is 1. The van der Waals surface area contributed by atoms with Gasteiger partial charge in [-0.15, -0.1) is 0 Å². The molecule has 5 rings (SSSR count). The molecule has 0 unspecified atom stereocenters. The Morgan fingerprint density at radius 3 is 2.43 bits per heavy atom. The van der Waals surface area contributed by atoms with Crippen molar-refractivity contribution >= 4 is 42.6 Å². The number of carbonyl (C=O) groups excluding carboxylic acids is 1. The van der Waals surface area contributed by atoms with Crippen molar-refractivity contribution in [3.8, 4) is 0 Å². The van der Waals surface area contributed by atoms with Gasteiger partial charge in [-0.05, 0) is 54.8 Å². The molecule has 0 radical (unpaired) electrons. The summed E-state index contributed by atoms with van der Waals surface area (Å²) in [5.74, 6) is -2.00. The summed E-state index contributed by atoms with van der Waals surface area (Å²) in [6.07, 6.45) is 6.88. The summed E-state index contributed by atoms with van der Waals surface area (Å²) < 4.78 is 56.1. The molecule has 1 aliphatic rings. The van der Waals surface area contributed by atoms with Gasteiger partial charge in [0.15, 0.2) is 10.9 Å². The minimum absolute atomic E-state index is 0.0238. The van der Waals surface area contributed by atoms with Crippen LogP contribution in [0.2, 0.25) is 0 Å². The first-order valence-electron chi connectivity index (χ1n) is 11.9. The first-order valence-corrected chi connectivity index (χ1v) is 14.2. The number of halogens is 2. The first kappa shape index (κ1) is 25.4. The molecule has 0 saturated carbocycles. The third-order valence-electron chi connectivity index (χ3n) is 6.25. The highest BCUT2D eigenvalue weighted by Crippen LogP contribution is 2.33. The van der Waals surface area contributed by atoms with Gasteiger partial charge in [0.05, 0.1) is 16.1 Å². The fourth-order valence-electron chi connectivity index (χ4n) is 4.32. The third kappa shape index (κ3) is 5.39. The summed E-state index contributed by atoms with van der Waals surface area (Å²) in [5.41, 5.74) is 0.927. The van der Waals surface area contributed by atoms with Gasteiger partial charge in [-0.1, -0.05) is 30.2 Å². The summed E-state index contributed by atoms with van der Waals surface area (Å²) in [4.78, 5) is 23.5. The molecule has 2 aromatic heterocycles. The number of rotatable bonds is 6. The van der Waals surface area contributed by atoms with Crippen LogP contribution in [0.4, 0.5) is 13.9 Å². The standard InChI is InChI=1S/C26H24F2N4O3S2/c27-20-14-22(28)24-23(15-20)36-26(30-24)32(17-18-6-5-11-29-16-18)25(33)19-7-9-21(10-8-19)37(34,35)31-12-3-1-2-4-13-31/h5-11,14-16H,1-4,12-13,17H2. The van der Waals surface area contributed by atoms with Crippen LogP contribution in [-0.2, 0) is 16.6 Å². The molecule has 1 amide bonds. The van der Waals surface area contributed by atoms with E-state index in [1.54, 1.807) is 24.5 Å². The van der Waals surface area contributed by atoms with E-state index in [1.807, 2.05) is 0 Å². The van der Waals surface area contributed by atoms with Gasteiger partial charge in [-0.2, -0.15) is 4.31 Å². The number of sulfonamides is 1. The van der Waals surface area contributed by atoms with Gasteiger partial charge in [0.1, 0.15) is 11.3 Å². The van der Waals surface area contributed by atoms with Gasteiger partial charge in [-0.3, -0.25) is 14.7 Å². The maximum absolute atomic E-state index is 14.3. The SMILES string of the molecule is O=C(c1ccc(S(=O)(=O)N2CCCCCC2)cc1)N(Cc1cccnc1)c1nc2c(F)cc(F)cc2s1. The van der Waals surface area contributed by atoms with Crippen molar-refractivity contribution in [1.29, 1.82) is 0 Å². The van der Waals surface area contributed by atoms with Gasteiger partial charge in [0.2, 0.25) is 10.0 Å². The molecule has 3 heterocycles. The monoisotopic (exact) mass is 542 g/mol. The predicted molar refractivity (Wildman–Crippen MR) is 138 cm³/mol. The van der Waals surface area contributed by atoms with Crippen LogP contribution < -0.4 is 4.90 Å². The number of hydrogen-bond acceptors (Lipinski definition) is 6. The largest absolute Gasteiger partial charge is 0.279 e. The molecule has 0 N–H and O–H groups in total. The molecule has 1 saturated heterocycles. The molecular weight excluding hydrogens is 518 g/mol. The van der Waals surface area contributed by atoms with E-state index < -0.39 is 27.6 Å². The summed E-state index contributed by atoms with van der Waals surface area (Å²) in [6, 6.07) is 11.3. The van der Waals surface area contributed by atoms with E-state index in [0.717, 1.165) is 43.1 Å². The lowest BCUT2D eigenvalue weighted by Gasteiger charge is -2.21. The molecule has 1 aliphatic heterocycles. The topological polar surface area (TPSA) is 83.5 Å². The van der Waals surface area contributed by atoms with Crippen LogP contribution in [0.1, 0.15) is 41.6 Å². The van der Waals surface area contributed by atoms with E-state index in [9.17, 15) is 22.0 Å². The summed E-state index contributed by atoms with van der Waals surface area (Å²) in [5, 5.41) is 0.189. The number of nitrogens with zero attached hydrogens (tertiary/aromatic N) is 4. The first-order chi connectivity index (χ1) is 17.8. The van der Waals surface area contributed by atoms with Crippen LogP contribution in [0.3, 0.4) is 0 Å². The molecule has 11 heteroatoms. The van der Waals surface area contributed by atoms with E-state index in [4.69, 9.17) is 0 Å². The minimum Gasteiger partial charge on any atom is -0.279 e. The number of aromatic nitrogens is 2. The summed E-state index contributed by atoms with van der Waals surface area (Å²) in [7, 11) is -3.66. The van der Waals surface area contributed by atoms with E-state index in [-0.39, 0.29) is 32.4 Å². The average Bonchev–Trinajstić information content (AvgIpc) is 3.12. The maximum Gasteiger partial charge on any atom is 0.260 e. The van der Waals surface area contributed by atoms with Crippen molar-refractivity contribution in [2.75, 3.05) is 18.0 Å². The number of carbonyl (C=O) groups is 1. The molecule has 4 aromatic rings. The number of thiazole rings is 1. The second kappa shape index (κ2) is 10.6. The zero-order valence-corrected chi connectivity index (χ0v) is 21.4. The van der Waals surface area contributed by atoms with Gasteiger partial charge in [0, 0.05) is 37.1 Å². The lowest BCUT2D eigenvalue weighted by atomic mass is 10.2. The molecule has 0 atom stereocenters. The second-order valence-electron chi connectivity index (χ2n) is 8.83. The van der Waals surface area contributed by atoms with Gasteiger partial charge in [0.25, 0.3) is 5.91 Å². The van der Waals surface area contributed by atoms with Crippen LogP contribution in [0.5, 0.6) is 0 Å². The van der Waals surface area contributed by atoms with Crippen molar-refractivity contribution in [3.05, 3.63) is 83.7 Å². The second-order valence-corrected chi connectivity index (χ2v) is 11.8. The maximum atomic E-state index is 14.3. The number of anilines is 1. The van der Waals surface area contributed by atoms with E-state index in [1.165, 1.54) is 39.5 Å². The highest BCUT2D eigenvalue weighted by molar-refractivity contribution is 7.89. The molecule has 0 spiro atoms. The zero-order valence-electron chi connectivity index (χ0n) is 19.8. The Labute approximate surface area is 217 Å². The summed E-state index contributed by atoms with van der Waals surface area (Å²) in [6.45, 7) is 1.05. The number of fused-ring (bicyclic) bond motifs is 1. The Hall–Kier alpha value is -3.28. The third-order valence-corrected chi connectivity index (χ3v) is 9.18. The highest BCUT2D eigenvalue weighted by atomic mass is 32.2. The van der Waals surface area contributed by atoms with Crippen molar-refractivity contribution in [2.24, 2.45) is 0 Å². The fraction of sp³-hybridized carbons (Fsp3) is 0.269. The Morgan fingerprint density at radius 2 is 1.76 bits per heavy atom. The Morgan fingerprint density at radius 1 is 1.03 bits per heavy atom. The zero-order chi connectivity index (χ0) is 26.0. The van der Waals surface area contributed by atoms with Gasteiger partial charge < -0.3 is 0 Å². The molecule has 0 aliphatic carbocycles. The lowest BCUT2D eigenvalue weighted by molar-refractivity contribution is 0.0985.